The fourth-order valence-electron chi connectivity index (χ4n) is 1.30. The number of carbonyl (C=O) groups excluding carboxylic acids is 1. The third-order valence-corrected chi connectivity index (χ3v) is 3.06. The molecule has 0 aliphatic rings. The number of carbonyl (C=O) groups is 1. The van der Waals surface area contributed by atoms with Crippen molar-refractivity contribution >= 4 is 17.7 Å². The maximum absolute atomic E-state index is 11.5. The van der Waals surface area contributed by atoms with E-state index >= 15 is 0 Å². The molecule has 3 nitrogen and oxygen atoms in total. The van der Waals surface area contributed by atoms with E-state index in [1.165, 1.54) is 4.90 Å². The number of rotatable bonds is 6. The minimum Gasteiger partial charge on any atom is -0.351 e. The molecular weight excluding hydrogens is 232 g/mol. The van der Waals surface area contributed by atoms with Crippen LogP contribution in [-0.2, 0) is 11.3 Å². The first kappa shape index (κ1) is 14.1. The SMILES string of the molecule is CSc1ccc(CNC(=O)CNC(C)C)cc1. The third-order valence-electron chi connectivity index (χ3n) is 2.32. The van der Waals surface area contributed by atoms with Crippen molar-refractivity contribution < 1.29 is 4.79 Å². The van der Waals surface area contributed by atoms with Gasteiger partial charge < -0.3 is 10.6 Å². The van der Waals surface area contributed by atoms with E-state index in [0.29, 0.717) is 19.1 Å². The van der Waals surface area contributed by atoms with Crippen LogP contribution in [0.15, 0.2) is 29.2 Å². The topological polar surface area (TPSA) is 41.1 Å². The summed E-state index contributed by atoms with van der Waals surface area (Å²) in [6, 6.07) is 8.56. The minimum atomic E-state index is 0.0349. The lowest BCUT2D eigenvalue weighted by atomic mass is 10.2. The molecule has 1 rings (SSSR count). The normalized spacial score (nSPS) is 10.6. The van der Waals surface area contributed by atoms with E-state index in [-0.39, 0.29) is 5.91 Å². The molecule has 0 bridgehead atoms. The van der Waals surface area contributed by atoms with Gasteiger partial charge in [-0.3, -0.25) is 4.79 Å². The zero-order valence-corrected chi connectivity index (χ0v) is 11.4. The summed E-state index contributed by atoms with van der Waals surface area (Å²) in [6.07, 6.45) is 2.05. The Morgan fingerprint density at radius 3 is 2.47 bits per heavy atom. The molecule has 94 valence electrons. The van der Waals surface area contributed by atoms with Crippen molar-refractivity contribution in [2.24, 2.45) is 0 Å². The highest BCUT2D eigenvalue weighted by molar-refractivity contribution is 7.98. The van der Waals surface area contributed by atoms with Crippen LogP contribution in [0.3, 0.4) is 0 Å². The third kappa shape index (κ3) is 5.75. The molecule has 0 spiro atoms. The molecule has 0 aliphatic carbocycles. The number of amides is 1. The van der Waals surface area contributed by atoms with E-state index < -0.39 is 0 Å². The molecule has 4 heteroatoms. The Hall–Kier alpha value is -1.00. The quantitative estimate of drug-likeness (QED) is 0.761. The molecule has 0 aromatic heterocycles. The molecule has 0 unspecified atom stereocenters. The molecular formula is C13H20N2OS. The standard InChI is InChI=1S/C13H20N2OS/c1-10(2)14-9-13(16)15-8-11-4-6-12(17-3)7-5-11/h4-7,10,14H,8-9H2,1-3H3,(H,15,16). The van der Waals surface area contributed by atoms with Crippen LogP contribution in [0.4, 0.5) is 0 Å². The summed E-state index contributed by atoms with van der Waals surface area (Å²) in [5.41, 5.74) is 1.13. The van der Waals surface area contributed by atoms with Gasteiger partial charge in [0.2, 0.25) is 5.91 Å². The molecule has 2 N–H and O–H groups in total. The van der Waals surface area contributed by atoms with Gasteiger partial charge in [-0.05, 0) is 24.0 Å². The summed E-state index contributed by atoms with van der Waals surface area (Å²) in [4.78, 5) is 12.7. The molecule has 0 saturated heterocycles. The lowest BCUT2D eigenvalue weighted by Crippen LogP contribution is -2.36. The molecule has 1 aromatic carbocycles. The molecule has 0 fully saturated rings. The molecule has 17 heavy (non-hydrogen) atoms. The Balaban J connectivity index is 2.31. The highest BCUT2D eigenvalue weighted by atomic mass is 32.2. The highest BCUT2D eigenvalue weighted by Crippen LogP contribution is 2.14. The van der Waals surface area contributed by atoms with Crippen LogP contribution in [0.5, 0.6) is 0 Å². The van der Waals surface area contributed by atoms with Crippen molar-refractivity contribution in [3.05, 3.63) is 29.8 Å². The van der Waals surface area contributed by atoms with Crippen LogP contribution < -0.4 is 10.6 Å². The average molecular weight is 252 g/mol. The minimum absolute atomic E-state index is 0.0349. The Kier molecular flexibility index (Phi) is 6.08. The monoisotopic (exact) mass is 252 g/mol. The molecule has 1 aromatic rings. The Labute approximate surface area is 107 Å². The molecule has 1 amide bonds. The first-order valence-electron chi connectivity index (χ1n) is 5.75. The Bertz CT molecular complexity index is 349. The number of thioether (sulfide) groups is 1. The van der Waals surface area contributed by atoms with E-state index in [1.54, 1.807) is 11.8 Å². The van der Waals surface area contributed by atoms with Crippen LogP contribution in [0.25, 0.3) is 0 Å². The van der Waals surface area contributed by atoms with Crippen molar-refractivity contribution in [1.29, 1.82) is 0 Å². The van der Waals surface area contributed by atoms with Gasteiger partial charge in [0.1, 0.15) is 0 Å². The van der Waals surface area contributed by atoms with Gasteiger partial charge in [0.25, 0.3) is 0 Å². The van der Waals surface area contributed by atoms with Crippen LogP contribution in [0.1, 0.15) is 19.4 Å². The predicted octanol–water partition coefficient (Wildman–Crippen LogP) is 2.02. The van der Waals surface area contributed by atoms with Crippen molar-refractivity contribution in [2.75, 3.05) is 12.8 Å². The molecule has 0 atom stereocenters. The average Bonchev–Trinajstić information content (AvgIpc) is 2.34. The van der Waals surface area contributed by atoms with Gasteiger partial charge in [0.05, 0.1) is 6.54 Å². The van der Waals surface area contributed by atoms with E-state index in [9.17, 15) is 4.79 Å². The van der Waals surface area contributed by atoms with Crippen molar-refractivity contribution in [2.45, 2.75) is 31.3 Å². The van der Waals surface area contributed by atoms with Crippen molar-refractivity contribution in [1.82, 2.24) is 10.6 Å². The summed E-state index contributed by atoms with van der Waals surface area (Å²) in [5.74, 6) is 0.0349. The number of hydrogen-bond donors (Lipinski definition) is 2. The van der Waals surface area contributed by atoms with Crippen LogP contribution in [0, 0.1) is 0 Å². The number of nitrogens with one attached hydrogen (secondary N) is 2. The Morgan fingerprint density at radius 1 is 1.29 bits per heavy atom. The fraction of sp³-hybridized carbons (Fsp3) is 0.462. The number of hydrogen-bond acceptors (Lipinski definition) is 3. The van der Waals surface area contributed by atoms with Gasteiger partial charge in [-0.1, -0.05) is 26.0 Å². The van der Waals surface area contributed by atoms with Crippen molar-refractivity contribution in [3.63, 3.8) is 0 Å². The van der Waals surface area contributed by atoms with Gasteiger partial charge in [-0.15, -0.1) is 11.8 Å². The molecule has 0 aliphatic heterocycles. The van der Waals surface area contributed by atoms with Crippen molar-refractivity contribution in [3.8, 4) is 0 Å². The van der Waals surface area contributed by atoms with E-state index in [4.69, 9.17) is 0 Å². The predicted molar refractivity (Wildman–Crippen MR) is 73.2 cm³/mol. The van der Waals surface area contributed by atoms with E-state index in [0.717, 1.165) is 5.56 Å². The van der Waals surface area contributed by atoms with Gasteiger partial charge in [0.15, 0.2) is 0 Å². The second kappa shape index (κ2) is 7.35. The van der Waals surface area contributed by atoms with Crippen LogP contribution >= 0.6 is 11.8 Å². The van der Waals surface area contributed by atoms with Gasteiger partial charge in [-0.25, -0.2) is 0 Å². The first-order chi connectivity index (χ1) is 8.11. The lowest BCUT2D eigenvalue weighted by molar-refractivity contribution is -0.120. The van der Waals surface area contributed by atoms with E-state index in [1.807, 2.05) is 32.2 Å². The summed E-state index contributed by atoms with van der Waals surface area (Å²) in [7, 11) is 0. The molecule has 0 radical (unpaired) electrons. The van der Waals surface area contributed by atoms with E-state index in [2.05, 4.69) is 22.8 Å². The maximum Gasteiger partial charge on any atom is 0.234 e. The van der Waals surface area contributed by atoms with Gasteiger partial charge in [-0.2, -0.15) is 0 Å². The second-order valence-electron chi connectivity index (χ2n) is 4.16. The second-order valence-corrected chi connectivity index (χ2v) is 5.04. The summed E-state index contributed by atoms with van der Waals surface area (Å²) in [5, 5.41) is 5.97. The number of benzene rings is 1. The highest BCUT2D eigenvalue weighted by Gasteiger charge is 2.01. The first-order valence-corrected chi connectivity index (χ1v) is 6.97. The largest absolute Gasteiger partial charge is 0.351 e. The smallest absolute Gasteiger partial charge is 0.234 e. The summed E-state index contributed by atoms with van der Waals surface area (Å²) in [6.45, 7) is 5.01. The van der Waals surface area contributed by atoms with Crippen LogP contribution in [0.2, 0.25) is 0 Å². The van der Waals surface area contributed by atoms with Gasteiger partial charge in [0, 0.05) is 17.5 Å². The maximum atomic E-state index is 11.5. The lowest BCUT2D eigenvalue weighted by Gasteiger charge is -2.09. The summed E-state index contributed by atoms with van der Waals surface area (Å²) >= 11 is 1.72. The molecule has 0 saturated carbocycles. The van der Waals surface area contributed by atoms with Gasteiger partial charge >= 0.3 is 0 Å². The Morgan fingerprint density at radius 2 is 1.94 bits per heavy atom. The zero-order valence-electron chi connectivity index (χ0n) is 10.6. The van der Waals surface area contributed by atoms with Crippen LogP contribution in [-0.4, -0.2) is 24.7 Å². The molecule has 0 heterocycles. The summed E-state index contributed by atoms with van der Waals surface area (Å²) < 4.78 is 0. The fourth-order valence-corrected chi connectivity index (χ4v) is 1.71. The zero-order chi connectivity index (χ0) is 12.7.